The molecule has 0 saturated carbocycles. The van der Waals surface area contributed by atoms with Crippen LogP contribution in [0.4, 0.5) is 17.6 Å². The lowest BCUT2D eigenvalue weighted by atomic mass is 10.3. The van der Waals surface area contributed by atoms with Crippen LogP contribution in [0.15, 0.2) is 36.4 Å². The van der Waals surface area contributed by atoms with E-state index < -0.39 is 31.3 Å². The highest BCUT2D eigenvalue weighted by Crippen LogP contribution is 2.37. The SMILES string of the molecule is CN(C)P(c1ccc(F)cc1F)c1ccc(F)cc1F. The summed E-state index contributed by atoms with van der Waals surface area (Å²) >= 11 is 0. The van der Waals surface area contributed by atoms with Crippen LogP contribution in [0.3, 0.4) is 0 Å². The van der Waals surface area contributed by atoms with Gasteiger partial charge in [0.2, 0.25) is 0 Å². The van der Waals surface area contributed by atoms with Gasteiger partial charge in [0.05, 0.1) is 0 Å². The normalized spacial score (nSPS) is 11.4. The largest absolute Gasteiger partial charge is 0.281 e. The van der Waals surface area contributed by atoms with Gasteiger partial charge in [0.1, 0.15) is 23.3 Å². The first kappa shape index (κ1) is 14.9. The smallest absolute Gasteiger partial charge is 0.135 e. The molecule has 0 N–H and O–H groups in total. The molecule has 0 aliphatic heterocycles. The standard InChI is InChI=1S/C14H12F4NP/c1-19(2)20(13-5-3-9(15)7-11(13)17)14-6-4-10(16)8-12(14)18/h3-8H,1-2H3. The minimum Gasteiger partial charge on any atom is -0.281 e. The number of hydrogen-bond acceptors (Lipinski definition) is 1. The molecule has 0 saturated heterocycles. The van der Waals surface area contributed by atoms with Gasteiger partial charge in [-0.25, -0.2) is 17.6 Å². The fourth-order valence-corrected chi connectivity index (χ4v) is 3.95. The maximum Gasteiger partial charge on any atom is 0.135 e. The number of rotatable bonds is 3. The van der Waals surface area contributed by atoms with Crippen LogP contribution < -0.4 is 10.6 Å². The maximum atomic E-state index is 13.9. The van der Waals surface area contributed by atoms with Gasteiger partial charge < -0.3 is 0 Å². The van der Waals surface area contributed by atoms with Crippen LogP contribution in [0.25, 0.3) is 0 Å². The Bertz CT molecular complexity index is 579. The van der Waals surface area contributed by atoms with Crippen molar-refractivity contribution < 1.29 is 17.6 Å². The minimum absolute atomic E-state index is 0.192. The summed E-state index contributed by atoms with van der Waals surface area (Å²) in [5.41, 5.74) is 0. The van der Waals surface area contributed by atoms with E-state index in [1.165, 1.54) is 12.1 Å². The zero-order valence-electron chi connectivity index (χ0n) is 10.9. The molecule has 0 bridgehead atoms. The van der Waals surface area contributed by atoms with Gasteiger partial charge in [0.25, 0.3) is 0 Å². The molecule has 0 aromatic heterocycles. The lowest BCUT2D eigenvalue weighted by molar-refractivity contribution is 0.585. The first-order valence-electron chi connectivity index (χ1n) is 5.77. The van der Waals surface area contributed by atoms with Crippen LogP contribution in [0.5, 0.6) is 0 Å². The molecule has 2 aromatic carbocycles. The van der Waals surface area contributed by atoms with Crippen molar-refractivity contribution in [3.63, 3.8) is 0 Å². The quantitative estimate of drug-likeness (QED) is 0.622. The fourth-order valence-electron chi connectivity index (χ4n) is 1.87. The third-order valence-corrected chi connectivity index (χ3v) is 5.11. The monoisotopic (exact) mass is 301 g/mol. The molecule has 0 heterocycles. The van der Waals surface area contributed by atoms with Crippen LogP contribution in [-0.2, 0) is 0 Å². The third-order valence-electron chi connectivity index (χ3n) is 2.68. The van der Waals surface area contributed by atoms with E-state index in [2.05, 4.69) is 0 Å². The summed E-state index contributed by atoms with van der Waals surface area (Å²) in [6, 6.07) is 6.35. The highest BCUT2D eigenvalue weighted by molar-refractivity contribution is 7.70. The molecule has 6 heteroatoms. The minimum atomic E-state index is -1.53. The van der Waals surface area contributed by atoms with Crippen molar-refractivity contribution >= 4 is 18.7 Å². The molecule has 20 heavy (non-hydrogen) atoms. The average Bonchev–Trinajstić information content (AvgIpc) is 2.34. The second-order valence-electron chi connectivity index (χ2n) is 4.35. The molecule has 0 fully saturated rings. The van der Waals surface area contributed by atoms with Crippen molar-refractivity contribution in [1.29, 1.82) is 0 Å². The zero-order valence-corrected chi connectivity index (χ0v) is 11.8. The molecule has 2 rings (SSSR count). The predicted octanol–water partition coefficient (Wildman–Crippen LogP) is 3.15. The van der Waals surface area contributed by atoms with Crippen molar-refractivity contribution in [1.82, 2.24) is 4.67 Å². The summed E-state index contributed by atoms with van der Waals surface area (Å²) in [4.78, 5) is 0. The summed E-state index contributed by atoms with van der Waals surface area (Å²) in [6.45, 7) is 0. The first-order chi connectivity index (χ1) is 9.40. The Labute approximate surface area is 115 Å². The van der Waals surface area contributed by atoms with E-state index in [4.69, 9.17) is 0 Å². The van der Waals surface area contributed by atoms with Gasteiger partial charge in [-0.2, -0.15) is 0 Å². The summed E-state index contributed by atoms with van der Waals surface area (Å²) in [5.74, 6) is -2.87. The highest BCUT2D eigenvalue weighted by Gasteiger charge is 2.23. The van der Waals surface area contributed by atoms with E-state index in [-0.39, 0.29) is 10.6 Å². The van der Waals surface area contributed by atoms with E-state index >= 15 is 0 Å². The van der Waals surface area contributed by atoms with Crippen LogP contribution in [-0.4, -0.2) is 18.8 Å². The van der Waals surface area contributed by atoms with E-state index in [0.717, 1.165) is 24.3 Å². The van der Waals surface area contributed by atoms with Gasteiger partial charge in [-0.05, 0) is 38.4 Å². The maximum absolute atomic E-state index is 13.9. The van der Waals surface area contributed by atoms with E-state index in [1.807, 2.05) is 0 Å². The van der Waals surface area contributed by atoms with Crippen molar-refractivity contribution in [3.05, 3.63) is 59.7 Å². The first-order valence-corrected chi connectivity index (χ1v) is 7.07. The van der Waals surface area contributed by atoms with Gasteiger partial charge in [0, 0.05) is 30.8 Å². The Kier molecular flexibility index (Phi) is 4.41. The topological polar surface area (TPSA) is 3.24 Å². The Hall–Kier alpha value is -1.45. The van der Waals surface area contributed by atoms with Crippen molar-refractivity contribution in [2.75, 3.05) is 14.1 Å². The molecule has 2 aromatic rings. The van der Waals surface area contributed by atoms with Crippen molar-refractivity contribution in [2.24, 2.45) is 0 Å². The molecule has 106 valence electrons. The van der Waals surface area contributed by atoms with Gasteiger partial charge in [-0.3, -0.25) is 4.67 Å². The van der Waals surface area contributed by atoms with Crippen LogP contribution >= 0.6 is 8.07 Å². The lowest BCUT2D eigenvalue weighted by Crippen LogP contribution is -2.26. The molecule has 1 nitrogen and oxygen atoms in total. The second-order valence-corrected chi connectivity index (χ2v) is 6.74. The highest BCUT2D eigenvalue weighted by atomic mass is 31.1. The summed E-state index contributed by atoms with van der Waals surface area (Å²) in [6.07, 6.45) is 0. The Morgan fingerprint density at radius 2 is 1.15 bits per heavy atom. The Balaban J connectivity index is 2.56. The molecule has 0 radical (unpaired) electrons. The van der Waals surface area contributed by atoms with Gasteiger partial charge >= 0.3 is 0 Å². The van der Waals surface area contributed by atoms with Crippen molar-refractivity contribution in [3.8, 4) is 0 Å². The molecular formula is C14H12F4NP. The second kappa shape index (κ2) is 5.90. The molecule has 0 spiro atoms. The molecule has 0 aliphatic rings. The number of halogens is 4. The number of hydrogen-bond donors (Lipinski definition) is 0. The third kappa shape index (κ3) is 3.00. The van der Waals surface area contributed by atoms with Gasteiger partial charge in [0.15, 0.2) is 0 Å². The zero-order chi connectivity index (χ0) is 14.9. The number of benzene rings is 2. The molecular weight excluding hydrogens is 289 g/mol. The molecule has 0 aliphatic carbocycles. The molecule has 0 atom stereocenters. The fraction of sp³-hybridized carbons (Fsp3) is 0.143. The summed E-state index contributed by atoms with van der Waals surface area (Å²) < 4.78 is 55.4. The Morgan fingerprint density at radius 3 is 1.45 bits per heavy atom. The van der Waals surface area contributed by atoms with Crippen LogP contribution in [0.2, 0.25) is 0 Å². The van der Waals surface area contributed by atoms with E-state index in [0.29, 0.717) is 0 Å². The van der Waals surface area contributed by atoms with Crippen LogP contribution in [0, 0.1) is 23.3 Å². The van der Waals surface area contributed by atoms with E-state index in [9.17, 15) is 17.6 Å². The predicted molar refractivity (Wildman–Crippen MR) is 72.6 cm³/mol. The Morgan fingerprint density at radius 1 is 0.750 bits per heavy atom. The van der Waals surface area contributed by atoms with Crippen LogP contribution in [0.1, 0.15) is 0 Å². The van der Waals surface area contributed by atoms with Gasteiger partial charge in [-0.1, -0.05) is 0 Å². The lowest BCUT2D eigenvalue weighted by Gasteiger charge is -2.26. The molecule has 0 amide bonds. The van der Waals surface area contributed by atoms with Crippen molar-refractivity contribution in [2.45, 2.75) is 0 Å². The van der Waals surface area contributed by atoms with E-state index in [1.54, 1.807) is 18.8 Å². The summed E-state index contributed by atoms with van der Waals surface area (Å²) in [7, 11) is 1.80. The molecule has 0 unspecified atom stereocenters. The van der Waals surface area contributed by atoms with Gasteiger partial charge in [-0.15, -0.1) is 0 Å². The average molecular weight is 301 g/mol. The number of nitrogens with zero attached hydrogens (tertiary/aromatic N) is 1. The summed E-state index contributed by atoms with van der Waals surface area (Å²) in [5, 5.41) is 0.383.